The number of fused-ring (bicyclic) bond motifs is 3. The molecule has 1 N–H and O–H groups in total. The Labute approximate surface area is 186 Å². The molecule has 0 unspecified atom stereocenters. The molecule has 5 rings (SSSR count). The summed E-state index contributed by atoms with van der Waals surface area (Å²) in [6.45, 7) is 2.46. The van der Waals surface area contributed by atoms with Crippen molar-refractivity contribution in [2.75, 3.05) is 20.8 Å². The highest BCUT2D eigenvalue weighted by Crippen LogP contribution is 2.44. The molecule has 32 heavy (non-hydrogen) atoms. The zero-order valence-corrected chi connectivity index (χ0v) is 18.4. The van der Waals surface area contributed by atoms with E-state index < -0.39 is 0 Å². The molecule has 2 aromatic heterocycles. The summed E-state index contributed by atoms with van der Waals surface area (Å²) in [6, 6.07) is 17.4. The molecule has 0 spiro atoms. The van der Waals surface area contributed by atoms with Crippen LogP contribution in [0.1, 0.15) is 38.9 Å². The molecule has 6 nitrogen and oxygen atoms in total. The number of hydrogen-bond acceptors (Lipinski definition) is 4. The molecule has 0 saturated heterocycles. The van der Waals surface area contributed by atoms with Crippen LogP contribution in [0.15, 0.2) is 60.8 Å². The maximum atomic E-state index is 13.8. The van der Waals surface area contributed by atoms with Crippen LogP contribution in [-0.2, 0) is 6.42 Å². The van der Waals surface area contributed by atoms with Crippen LogP contribution in [0.5, 0.6) is 11.5 Å². The summed E-state index contributed by atoms with van der Waals surface area (Å²) < 4.78 is 11.3. The first kappa shape index (κ1) is 20.1. The summed E-state index contributed by atoms with van der Waals surface area (Å²) in [7, 11) is 3.26. The second-order valence-corrected chi connectivity index (χ2v) is 7.93. The van der Waals surface area contributed by atoms with Gasteiger partial charge in [0.25, 0.3) is 5.91 Å². The molecule has 1 aliphatic heterocycles. The Hall–Kier alpha value is -3.80. The lowest BCUT2D eigenvalue weighted by Gasteiger charge is -2.37. The Bertz CT molecular complexity index is 1310. The van der Waals surface area contributed by atoms with Gasteiger partial charge >= 0.3 is 0 Å². The van der Waals surface area contributed by atoms with Crippen molar-refractivity contribution in [2.24, 2.45) is 0 Å². The predicted octanol–water partition coefficient (Wildman–Crippen LogP) is 4.68. The summed E-state index contributed by atoms with van der Waals surface area (Å²) in [5.41, 5.74) is 5.53. The fourth-order valence-electron chi connectivity index (χ4n) is 4.78. The highest BCUT2D eigenvalue weighted by Gasteiger charge is 2.37. The van der Waals surface area contributed by atoms with Crippen molar-refractivity contribution < 1.29 is 14.3 Å². The van der Waals surface area contributed by atoms with Gasteiger partial charge in [-0.25, -0.2) is 0 Å². The molecule has 0 saturated carbocycles. The molecule has 0 radical (unpaired) electrons. The average molecular weight is 428 g/mol. The Balaban J connectivity index is 1.73. The first-order valence-corrected chi connectivity index (χ1v) is 10.7. The van der Waals surface area contributed by atoms with Gasteiger partial charge in [0.05, 0.1) is 19.8 Å². The fraction of sp³-hybridized carbons (Fsp3) is 0.231. The molecule has 4 aromatic rings. The monoisotopic (exact) mass is 427 g/mol. The average Bonchev–Trinajstić information content (AvgIpc) is 3.21. The number of aromatic amines is 1. The zero-order valence-electron chi connectivity index (χ0n) is 18.4. The molecule has 1 amide bonds. The van der Waals surface area contributed by atoms with E-state index in [0.717, 1.165) is 28.9 Å². The second kappa shape index (κ2) is 8.04. The van der Waals surface area contributed by atoms with Gasteiger partial charge in [-0.2, -0.15) is 0 Å². The Kier molecular flexibility index (Phi) is 5.05. The standard InChI is InChI=1S/C26H25N3O3/c1-16-17(10-7-14-27-16)26(30)29-15-13-19-18-8-4-5-11-21(18)28-23(19)24(29)20-9-6-12-22(31-2)25(20)32-3/h4-12,14,24,28H,13,15H2,1-3H3/t24-/m1/s1. The minimum Gasteiger partial charge on any atom is -0.493 e. The molecular weight excluding hydrogens is 402 g/mol. The number of rotatable bonds is 4. The first-order chi connectivity index (χ1) is 15.6. The van der Waals surface area contributed by atoms with E-state index in [2.05, 4.69) is 22.1 Å². The molecule has 6 heteroatoms. The molecule has 2 aromatic carbocycles. The van der Waals surface area contributed by atoms with Crippen molar-refractivity contribution in [3.8, 4) is 11.5 Å². The van der Waals surface area contributed by atoms with Crippen LogP contribution in [0.4, 0.5) is 0 Å². The number of para-hydroxylation sites is 2. The number of nitrogens with zero attached hydrogens (tertiary/aromatic N) is 2. The number of benzene rings is 2. The van der Waals surface area contributed by atoms with Gasteiger partial charge in [0, 0.05) is 40.6 Å². The number of hydrogen-bond donors (Lipinski definition) is 1. The summed E-state index contributed by atoms with van der Waals surface area (Å²) in [5, 5.41) is 1.19. The largest absolute Gasteiger partial charge is 0.493 e. The van der Waals surface area contributed by atoms with Crippen molar-refractivity contribution >= 4 is 16.8 Å². The van der Waals surface area contributed by atoms with Crippen molar-refractivity contribution in [2.45, 2.75) is 19.4 Å². The predicted molar refractivity (Wildman–Crippen MR) is 123 cm³/mol. The quantitative estimate of drug-likeness (QED) is 0.514. The Morgan fingerprint density at radius 1 is 1.06 bits per heavy atom. The van der Waals surface area contributed by atoms with Crippen molar-refractivity contribution in [3.05, 3.63) is 88.9 Å². The van der Waals surface area contributed by atoms with E-state index in [4.69, 9.17) is 9.47 Å². The van der Waals surface area contributed by atoms with E-state index in [0.29, 0.717) is 23.6 Å². The van der Waals surface area contributed by atoms with Gasteiger partial charge in [0.15, 0.2) is 11.5 Å². The SMILES string of the molecule is COc1cccc([C@@H]2c3[nH]c4ccccc4c3CCN2C(=O)c2cccnc2C)c1OC. The second-order valence-electron chi connectivity index (χ2n) is 7.93. The molecule has 0 bridgehead atoms. The lowest BCUT2D eigenvalue weighted by molar-refractivity contribution is 0.0688. The third-order valence-corrected chi connectivity index (χ3v) is 6.26. The fourth-order valence-corrected chi connectivity index (χ4v) is 4.78. The summed E-state index contributed by atoms with van der Waals surface area (Å²) in [4.78, 5) is 23.6. The van der Waals surface area contributed by atoms with Crippen molar-refractivity contribution in [1.29, 1.82) is 0 Å². The zero-order chi connectivity index (χ0) is 22.2. The number of pyridine rings is 1. The third-order valence-electron chi connectivity index (χ3n) is 6.26. The van der Waals surface area contributed by atoms with Crippen LogP contribution >= 0.6 is 0 Å². The minimum atomic E-state index is -0.344. The van der Waals surface area contributed by atoms with Crippen LogP contribution < -0.4 is 9.47 Å². The highest BCUT2D eigenvalue weighted by molar-refractivity contribution is 5.96. The molecule has 3 heterocycles. The summed E-state index contributed by atoms with van der Waals surface area (Å²) in [6.07, 6.45) is 2.48. The maximum absolute atomic E-state index is 13.8. The van der Waals surface area contributed by atoms with E-state index >= 15 is 0 Å². The van der Waals surface area contributed by atoms with E-state index in [1.807, 2.05) is 48.2 Å². The molecule has 162 valence electrons. The lowest BCUT2D eigenvalue weighted by Crippen LogP contribution is -2.41. The van der Waals surface area contributed by atoms with Crippen LogP contribution in [0.3, 0.4) is 0 Å². The van der Waals surface area contributed by atoms with Crippen molar-refractivity contribution in [3.63, 3.8) is 0 Å². The number of carbonyl (C=O) groups excluding carboxylic acids is 1. The minimum absolute atomic E-state index is 0.0465. The van der Waals surface area contributed by atoms with E-state index in [9.17, 15) is 4.79 Å². The molecule has 1 atom stereocenters. The van der Waals surface area contributed by atoms with Gasteiger partial charge in [-0.1, -0.05) is 30.3 Å². The van der Waals surface area contributed by atoms with Crippen LogP contribution in [0.2, 0.25) is 0 Å². The smallest absolute Gasteiger partial charge is 0.256 e. The number of aromatic nitrogens is 2. The number of carbonyl (C=O) groups is 1. The van der Waals surface area contributed by atoms with Gasteiger partial charge in [0.2, 0.25) is 0 Å². The third kappa shape index (κ3) is 3.11. The number of amides is 1. The van der Waals surface area contributed by atoms with E-state index in [1.165, 1.54) is 10.9 Å². The number of aryl methyl sites for hydroxylation is 1. The molecular formula is C26H25N3O3. The molecule has 0 fully saturated rings. The van der Waals surface area contributed by atoms with Gasteiger partial charge in [-0.05, 0) is 43.2 Å². The normalized spacial score (nSPS) is 15.5. The molecule has 0 aliphatic carbocycles. The number of methoxy groups -OCH3 is 2. The molecule has 1 aliphatic rings. The van der Waals surface area contributed by atoms with E-state index in [-0.39, 0.29) is 11.9 Å². The van der Waals surface area contributed by atoms with Crippen LogP contribution in [0.25, 0.3) is 10.9 Å². The Morgan fingerprint density at radius 2 is 1.91 bits per heavy atom. The van der Waals surface area contributed by atoms with Gasteiger partial charge in [-0.15, -0.1) is 0 Å². The summed E-state index contributed by atoms with van der Waals surface area (Å²) >= 11 is 0. The van der Waals surface area contributed by atoms with Gasteiger partial charge in [0.1, 0.15) is 6.04 Å². The van der Waals surface area contributed by atoms with Gasteiger partial charge in [-0.3, -0.25) is 9.78 Å². The van der Waals surface area contributed by atoms with Gasteiger partial charge < -0.3 is 19.4 Å². The number of ether oxygens (including phenoxy) is 2. The van der Waals surface area contributed by atoms with Crippen molar-refractivity contribution in [1.82, 2.24) is 14.9 Å². The lowest BCUT2D eigenvalue weighted by atomic mass is 9.91. The number of nitrogens with one attached hydrogen (secondary N) is 1. The van der Waals surface area contributed by atoms with E-state index in [1.54, 1.807) is 26.5 Å². The summed E-state index contributed by atoms with van der Waals surface area (Å²) in [5.74, 6) is 1.22. The maximum Gasteiger partial charge on any atom is 0.256 e. The highest BCUT2D eigenvalue weighted by atomic mass is 16.5. The first-order valence-electron chi connectivity index (χ1n) is 10.7. The van der Waals surface area contributed by atoms with Crippen LogP contribution in [-0.4, -0.2) is 41.5 Å². The number of H-pyrrole nitrogens is 1. The topological polar surface area (TPSA) is 67.5 Å². The Morgan fingerprint density at radius 3 is 2.69 bits per heavy atom. The van der Waals surface area contributed by atoms with Crippen LogP contribution in [0, 0.1) is 6.92 Å².